The van der Waals surface area contributed by atoms with Gasteiger partial charge in [-0.15, -0.1) is 6.58 Å². The van der Waals surface area contributed by atoms with Crippen LogP contribution in [0.2, 0.25) is 5.04 Å². The highest BCUT2D eigenvalue weighted by Gasteiger charge is 2.51. The summed E-state index contributed by atoms with van der Waals surface area (Å²) in [5.74, 6) is 0. The molecule has 0 N–H and O–H groups in total. The van der Waals surface area contributed by atoms with E-state index < -0.39 is 18.4 Å². The molecule has 0 aliphatic rings. The Bertz CT molecular complexity index is 835. The first kappa shape index (κ1) is 23.5. The smallest absolute Gasteiger partial charge is 0.264 e. The molecule has 0 fully saturated rings. The Hall–Kier alpha value is -1.73. The summed E-state index contributed by atoms with van der Waals surface area (Å²) in [7, 11) is -6.09. The molecule has 1 atom stereocenters. The summed E-state index contributed by atoms with van der Waals surface area (Å²) >= 11 is 0. The first-order valence-electron chi connectivity index (χ1n) is 9.86. The average Bonchev–Trinajstić information content (AvgIpc) is 2.67. The molecule has 6 heteroatoms. The monoisotopic (exact) mass is 432 g/mol. The summed E-state index contributed by atoms with van der Waals surface area (Å²) in [6.07, 6.45) is 3.90. The Balaban J connectivity index is 2.40. The van der Waals surface area contributed by atoms with Gasteiger partial charge in [-0.25, -0.2) is 0 Å². The Morgan fingerprint density at radius 2 is 1.48 bits per heavy atom. The zero-order valence-electron chi connectivity index (χ0n) is 17.8. The van der Waals surface area contributed by atoms with E-state index in [2.05, 4.69) is 75.9 Å². The molecule has 0 saturated heterocycles. The molecule has 0 heterocycles. The molecule has 0 bridgehead atoms. The normalized spacial score (nSPS) is 13.8. The standard InChI is InChI=1S/C23H32O4SSi/c1-6-20(14-13-19-26-28(5,24)25)27-29(23(2,3)4,21-15-9-7-10-16-21)22-17-11-8-12-18-22/h6-12,15-18,20H,1,13-14,19H2,2-5H3/t20-/m1/s1. The topological polar surface area (TPSA) is 52.6 Å². The van der Waals surface area contributed by atoms with Gasteiger partial charge in [0.15, 0.2) is 0 Å². The second kappa shape index (κ2) is 9.85. The second-order valence-electron chi connectivity index (χ2n) is 8.22. The van der Waals surface area contributed by atoms with E-state index in [1.165, 1.54) is 10.4 Å². The molecule has 0 aliphatic carbocycles. The molecular weight excluding hydrogens is 400 g/mol. The van der Waals surface area contributed by atoms with Crippen molar-refractivity contribution < 1.29 is 17.0 Å². The van der Waals surface area contributed by atoms with Gasteiger partial charge in [0.25, 0.3) is 18.4 Å². The molecule has 0 aliphatic heterocycles. The number of rotatable bonds is 10. The molecule has 0 saturated carbocycles. The van der Waals surface area contributed by atoms with E-state index in [1.807, 2.05) is 18.2 Å². The van der Waals surface area contributed by atoms with E-state index in [0.717, 1.165) is 6.26 Å². The van der Waals surface area contributed by atoms with Crippen LogP contribution in [0, 0.1) is 0 Å². The molecule has 0 amide bonds. The van der Waals surface area contributed by atoms with E-state index in [-0.39, 0.29) is 17.7 Å². The average molecular weight is 433 g/mol. The van der Waals surface area contributed by atoms with Crippen molar-refractivity contribution in [3.63, 3.8) is 0 Å². The Morgan fingerprint density at radius 3 is 1.86 bits per heavy atom. The molecule has 0 spiro atoms. The molecule has 2 aromatic carbocycles. The van der Waals surface area contributed by atoms with Crippen LogP contribution in [-0.4, -0.2) is 35.7 Å². The van der Waals surface area contributed by atoms with Crippen LogP contribution in [0.5, 0.6) is 0 Å². The van der Waals surface area contributed by atoms with Crippen LogP contribution in [0.15, 0.2) is 73.3 Å². The minimum atomic E-state index is -3.43. The molecule has 158 valence electrons. The Morgan fingerprint density at radius 1 is 1.00 bits per heavy atom. The lowest BCUT2D eigenvalue weighted by atomic mass is 10.2. The largest absolute Gasteiger partial charge is 0.401 e. The van der Waals surface area contributed by atoms with Crippen molar-refractivity contribution in [1.29, 1.82) is 0 Å². The van der Waals surface area contributed by atoms with Crippen LogP contribution in [0.3, 0.4) is 0 Å². The van der Waals surface area contributed by atoms with Gasteiger partial charge in [0, 0.05) is 0 Å². The van der Waals surface area contributed by atoms with Crippen molar-refractivity contribution in [2.45, 2.75) is 44.8 Å². The molecule has 29 heavy (non-hydrogen) atoms. The predicted molar refractivity (Wildman–Crippen MR) is 123 cm³/mol. The number of hydrogen-bond donors (Lipinski definition) is 0. The predicted octanol–water partition coefficient (Wildman–Crippen LogP) is 3.87. The third-order valence-electron chi connectivity index (χ3n) is 4.94. The second-order valence-corrected chi connectivity index (χ2v) is 14.1. The molecule has 0 aromatic heterocycles. The van der Waals surface area contributed by atoms with Gasteiger partial charge in [-0.05, 0) is 28.3 Å². The highest BCUT2D eigenvalue weighted by Crippen LogP contribution is 2.38. The van der Waals surface area contributed by atoms with Crippen LogP contribution >= 0.6 is 0 Å². The van der Waals surface area contributed by atoms with Gasteiger partial charge in [-0.3, -0.25) is 4.18 Å². The maximum absolute atomic E-state index is 11.2. The highest BCUT2D eigenvalue weighted by atomic mass is 32.2. The Labute approximate surface area is 176 Å². The summed E-state index contributed by atoms with van der Waals surface area (Å²) in [6.45, 7) is 10.8. The molecular formula is C23H32O4SSi. The fourth-order valence-corrected chi connectivity index (χ4v) is 8.74. The Kier molecular flexibility index (Phi) is 7.99. The first-order chi connectivity index (χ1) is 13.6. The minimum absolute atomic E-state index is 0.125. The lowest BCUT2D eigenvalue weighted by molar-refractivity contribution is 0.206. The third-order valence-corrected chi connectivity index (χ3v) is 10.6. The van der Waals surface area contributed by atoms with Crippen LogP contribution in [0.1, 0.15) is 33.6 Å². The summed E-state index contributed by atoms with van der Waals surface area (Å²) in [5, 5.41) is 2.29. The van der Waals surface area contributed by atoms with Crippen molar-refractivity contribution in [3.8, 4) is 0 Å². The molecule has 0 unspecified atom stereocenters. The molecule has 4 nitrogen and oxygen atoms in total. The molecule has 0 radical (unpaired) electrons. The fourth-order valence-electron chi connectivity index (χ4n) is 3.64. The zero-order valence-corrected chi connectivity index (χ0v) is 19.6. The maximum Gasteiger partial charge on any atom is 0.264 e. The van der Waals surface area contributed by atoms with Crippen molar-refractivity contribution in [2.75, 3.05) is 12.9 Å². The molecule has 2 rings (SSSR count). The van der Waals surface area contributed by atoms with Crippen molar-refractivity contribution >= 4 is 28.8 Å². The number of benzene rings is 2. The fraction of sp³-hybridized carbons (Fsp3) is 0.391. The van der Waals surface area contributed by atoms with E-state index in [9.17, 15) is 8.42 Å². The summed E-state index contributed by atoms with van der Waals surface area (Å²) in [4.78, 5) is 0. The first-order valence-corrected chi connectivity index (χ1v) is 13.6. The van der Waals surface area contributed by atoms with E-state index in [4.69, 9.17) is 8.61 Å². The van der Waals surface area contributed by atoms with Crippen LogP contribution in [-0.2, 0) is 18.7 Å². The van der Waals surface area contributed by atoms with Gasteiger partial charge in [0.1, 0.15) is 0 Å². The van der Waals surface area contributed by atoms with Gasteiger partial charge in [0.2, 0.25) is 0 Å². The van der Waals surface area contributed by atoms with Gasteiger partial charge in [-0.2, -0.15) is 8.42 Å². The van der Waals surface area contributed by atoms with Gasteiger partial charge < -0.3 is 4.43 Å². The third kappa shape index (κ3) is 6.12. The van der Waals surface area contributed by atoms with E-state index in [0.29, 0.717) is 12.8 Å². The number of hydrogen-bond acceptors (Lipinski definition) is 4. The quantitative estimate of drug-likeness (QED) is 0.247. The van der Waals surface area contributed by atoms with Crippen molar-refractivity contribution in [1.82, 2.24) is 0 Å². The van der Waals surface area contributed by atoms with Gasteiger partial charge in [0.05, 0.1) is 19.0 Å². The summed E-state index contributed by atoms with van der Waals surface area (Å²) < 4.78 is 34.3. The van der Waals surface area contributed by atoms with E-state index in [1.54, 1.807) is 0 Å². The molecule has 2 aromatic rings. The van der Waals surface area contributed by atoms with Gasteiger partial charge in [-0.1, -0.05) is 87.5 Å². The van der Waals surface area contributed by atoms with Crippen LogP contribution in [0.4, 0.5) is 0 Å². The van der Waals surface area contributed by atoms with Gasteiger partial charge >= 0.3 is 0 Å². The summed E-state index contributed by atoms with van der Waals surface area (Å²) in [5.41, 5.74) is 0. The van der Waals surface area contributed by atoms with Crippen molar-refractivity contribution in [2.24, 2.45) is 0 Å². The SMILES string of the molecule is C=C[C@H](CCCOS(C)(=O)=O)O[Si](c1ccccc1)(c1ccccc1)C(C)(C)C. The minimum Gasteiger partial charge on any atom is -0.401 e. The lowest BCUT2D eigenvalue weighted by Crippen LogP contribution is -2.67. The van der Waals surface area contributed by atoms with E-state index >= 15 is 0 Å². The maximum atomic E-state index is 11.2. The summed E-state index contributed by atoms with van der Waals surface area (Å²) in [6, 6.07) is 20.9. The highest BCUT2D eigenvalue weighted by molar-refractivity contribution is 7.85. The zero-order chi connectivity index (χ0) is 21.5. The van der Waals surface area contributed by atoms with Crippen molar-refractivity contribution in [3.05, 3.63) is 73.3 Å². The lowest BCUT2D eigenvalue weighted by Gasteiger charge is -2.44. The van der Waals surface area contributed by atoms with Crippen LogP contribution in [0.25, 0.3) is 0 Å². The van der Waals surface area contributed by atoms with Crippen LogP contribution < -0.4 is 10.4 Å².